The van der Waals surface area contributed by atoms with Crippen LogP contribution in [0.5, 0.6) is 0 Å². The zero-order chi connectivity index (χ0) is 16.6. The molecule has 3 atom stereocenters. The molecule has 0 fully saturated rings. The molecule has 0 spiro atoms. The number of hydrogen-bond donors (Lipinski definition) is 2. The molecular weight excluding hydrogens is 272 g/mol. The summed E-state index contributed by atoms with van der Waals surface area (Å²) in [6.07, 6.45) is 2.36. The molecule has 0 aromatic heterocycles. The summed E-state index contributed by atoms with van der Waals surface area (Å²) in [5.41, 5.74) is 5.23. The zero-order valence-corrected chi connectivity index (χ0v) is 13.6. The van der Waals surface area contributed by atoms with E-state index in [2.05, 4.69) is 11.9 Å². The van der Waals surface area contributed by atoms with Gasteiger partial charge in [-0.3, -0.25) is 4.79 Å². The van der Waals surface area contributed by atoms with E-state index in [1.807, 2.05) is 27.7 Å². The highest BCUT2D eigenvalue weighted by Crippen LogP contribution is 2.11. The molecule has 0 unspecified atom stereocenters. The fraction of sp³-hybridized carbons (Fsp3) is 0.733. The van der Waals surface area contributed by atoms with Crippen molar-refractivity contribution in [3.8, 4) is 0 Å². The molecule has 122 valence electrons. The third-order valence-electron chi connectivity index (χ3n) is 3.43. The first-order valence-corrected chi connectivity index (χ1v) is 7.09. The Balaban J connectivity index is 4.61. The van der Waals surface area contributed by atoms with Crippen LogP contribution in [-0.2, 0) is 19.1 Å². The van der Waals surface area contributed by atoms with Gasteiger partial charge >= 0.3 is 5.97 Å². The summed E-state index contributed by atoms with van der Waals surface area (Å²) in [4.78, 5) is 23.8. The van der Waals surface area contributed by atoms with Crippen molar-refractivity contribution in [3.63, 3.8) is 0 Å². The van der Waals surface area contributed by atoms with Crippen LogP contribution in [0.2, 0.25) is 0 Å². The molecule has 0 aromatic rings. The molecule has 0 aliphatic carbocycles. The maximum absolute atomic E-state index is 12.0. The van der Waals surface area contributed by atoms with Crippen LogP contribution in [0, 0.1) is 5.92 Å². The minimum atomic E-state index is -0.861. The zero-order valence-electron chi connectivity index (χ0n) is 13.6. The lowest BCUT2D eigenvalue weighted by molar-refractivity contribution is -0.147. The van der Waals surface area contributed by atoms with Gasteiger partial charge in [-0.1, -0.05) is 26.3 Å². The molecule has 0 saturated heterocycles. The van der Waals surface area contributed by atoms with Crippen molar-refractivity contribution in [1.29, 1.82) is 0 Å². The number of nitrogens with one attached hydrogen (secondary N) is 1. The molecular formula is C15H28N2O4. The van der Waals surface area contributed by atoms with Crippen molar-refractivity contribution in [2.24, 2.45) is 11.7 Å². The van der Waals surface area contributed by atoms with Crippen molar-refractivity contribution in [3.05, 3.63) is 12.7 Å². The standard InChI is InChI=1S/C15H28N2O4/c1-7-10(3)12(14(19)20-6)17-13(18)11(16)9-21-15(4,5)8-2/h8,10-12H,2,7,9,16H2,1,3-6H3,(H,17,18)/t10-,11-,12-/m0/s1. The van der Waals surface area contributed by atoms with Gasteiger partial charge in [-0.15, -0.1) is 6.58 Å². The van der Waals surface area contributed by atoms with Gasteiger partial charge in [0.05, 0.1) is 19.3 Å². The number of amides is 1. The summed E-state index contributed by atoms with van der Waals surface area (Å²) >= 11 is 0. The maximum Gasteiger partial charge on any atom is 0.328 e. The van der Waals surface area contributed by atoms with Crippen LogP contribution >= 0.6 is 0 Å². The molecule has 6 nitrogen and oxygen atoms in total. The molecule has 6 heteroatoms. The first-order valence-electron chi connectivity index (χ1n) is 7.09. The minimum absolute atomic E-state index is 0.0409. The largest absolute Gasteiger partial charge is 0.467 e. The molecule has 0 rings (SSSR count). The Labute approximate surface area is 127 Å². The number of methoxy groups -OCH3 is 1. The van der Waals surface area contributed by atoms with Crippen LogP contribution in [0.1, 0.15) is 34.1 Å². The van der Waals surface area contributed by atoms with Crippen molar-refractivity contribution in [1.82, 2.24) is 5.32 Å². The normalized spacial score (nSPS) is 15.7. The number of carbonyl (C=O) groups excluding carboxylic acids is 2. The van der Waals surface area contributed by atoms with Crippen molar-refractivity contribution < 1.29 is 19.1 Å². The quantitative estimate of drug-likeness (QED) is 0.490. The van der Waals surface area contributed by atoms with Gasteiger partial charge in [0, 0.05) is 0 Å². The lowest BCUT2D eigenvalue weighted by atomic mass is 9.99. The van der Waals surface area contributed by atoms with Gasteiger partial charge in [0.25, 0.3) is 0 Å². The van der Waals surface area contributed by atoms with Gasteiger partial charge in [0.1, 0.15) is 12.1 Å². The molecule has 0 bridgehead atoms. The van der Waals surface area contributed by atoms with Crippen LogP contribution in [0.25, 0.3) is 0 Å². The Morgan fingerprint density at radius 2 is 2.00 bits per heavy atom. The second-order valence-corrected chi connectivity index (χ2v) is 5.62. The van der Waals surface area contributed by atoms with Crippen LogP contribution in [-0.4, -0.2) is 43.3 Å². The van der Waals surface area contributed by atoms with Crippen LogP contribution in [0.4, 0.5) is 0 Å². The topological polar surface area (TPSA) is 90.6 Å². The van der Waals surface area contributed by atoms with E-state index in [-0.39, 0.29) is 12.5 Å². The minimum Gasteiger partial charge on any atom is -0.467 e. The molecule has 21 heavy (non-hydrogen) atoms. The van der Waals surface area contributed by atoms with Gasteiger partial charge in [0.2, 0.25) is 5.91 Å². The van der Waals surface area contributed by atoms with Crippen LogP contribution < -0.4 is 11.1 Å². The first kappa shape index (κ1) is 19.6. The van der Waals surface area contributed by atoms with Crippen molar-refractivity contribution >= 4 is 11.9 Å². The highest BCUT2D eigenvalue weighted by molar-refractivity contribution is 5.87. The lowest BCUT2D eigenvalue weighted by Crippen LogP contribution is -2.53. The van der Waals surface area contributed by atoms with Gasteiger partial charge < -0.3 is 20.5 Å². The Kier molecular flexibility index (Phi) is 8.21. The summed E-state index contributed by atoms with van der Waals surface area (Å²) in [6, 6.07) is -1.56. The van der Waals surface area contributed by atoms with E-state index < -0.39 is 29.6 Å². The van der Waals surface area contributed by atoms with Crippen molar-refractivity contribution in [2.45, 2.75) is 51.8 Å². The first-order chi connectivity index (χ1) is 9.68. The van der Waals surface area contributed by atoms with E-state index in [1.165, 1.54) is 7.11 Å². The van der Waals surface area contributed by atoms with E-state index in [9.17, 15) is 9.59 Å². The second kappa shape index (κ2) is 8.79. The van der Waals surface area contributed by atoms with E-state index in [1.54, 1.807) is 6.08 Å². The van der Waals surface area contributed by atoms with E-state index in [0.717, 1.165) is 6.42 Å². The third kappa shape index (κ3) is 6.73. The predicted octanol–water partition coefficient (Wildman–Crippen LogP) is 0.999. The third-order valence-corrected chi connectivity index (χ3v) is 3.43. The van der Waals surface area contributed by atoms with E-state index in [4.69, 9.17) is 15.2 Å². The summed E-state index contributed by atoms with van der Waals surface area (Å²) in [5.74, 6) is -0.957. The highest BCUT2D eigenvalue weighted by atomic mass is 16.5. The molecule has 0 aromatic carbocycles. The predicted molar refractivity (Wildman–Crippen MR) is 81.6 cm³/mol. The average Bonchev–Trinajstić information content (AvgIpc) is 2.48. The van der Waals surface area contributed by atoms with Crippen molar-refractivity contribution in [2.75, 3.05) is 13.7 Å². The Morgan fingerprint density at radius 3 is 2.43 bits per heavy atom. The van der Waals surface area contributed by atoms with Gasteiger partial charge in [-0.25, -0.2) is 4.79 Å². The SMILES string of the molecule is C=CC(C)(C)OC[C@H](N)C(=O)N[C@H](C(=O)OC)[C@@H](C)CC. The molecule has 0 aliphatic heterocycles. The number of carbonyl (C=O) groups is 2. The summed E-state index contributed by atoms with van der Waals surface area (Å²) in [7, 11) is 1.29. The van der Waals surface area contributed by atoms with Crippen LogP contribution in [0.3, 0.4) is 0 Å². The van der Waals surface area contributed by atoms with E-state index >= 15 is 0 Å². The Hall–Kier alpha value is -1.40. The highest BCUT2D eigenvalue weighted by Gasteiger charge is 2.29. The smallest absolute Gasteiger partial charge is 0.328 e. The lowest BCUT2D eigenvalue weighted by Gasteiger charge is -2.26. The molecule has 0 radical (unpaired) electrons. The number of hydrogen-bond acceptors (Lipinski definition) is 5. The van der Waals surface area contributed by atoms with Gasteiger partial charge in [0.15, 0.2) is 0 Å². The monoisotopic (exact) mass is 300 g/mol. The Bertz CT molecular complexity index is 369. The van der Waals surface area contributed by atoms with Gasteiger partial charge in [-0.05, 0) is 19.8 Å². The van der Waals surface area contributed by atoms with Gasteiger partial charge in [-0.2, -0.15) is 0 Å². The maximum atomic E-state index is 12.0. The number of nitrogens with two attached hydrogens (primary N) is 1. The molecule has 0 aliphatic rings. The molecule has 0 heterocycles. The molecule has 3 N–H and O–H groups in total. The Morgan fingerprint density at radius 1 is 1.43 bits per heavy atom. The fourth-order valence-electron chi connectivity index (χ4n) is 1.50. The summed E-state index contributed by atoms with van der Waals surface area (Å²) in [6.45, 7) is 11.1. The second-order valence-electron chi connectivity index (χ2n) is 5.62. The summed E-state index contributed by atoms with van der Waals surface area (Å²) in [5, 5.41) is 2.63. The number of esters is 1. The molecule has 0 saturated carbocycles. The average molecular weight is 300 g/mol. The summed E-state index contributed by atoms with van der Waals surface area (Å²) < 4.78 is 10.2. The fourth-order valence-corrected chi connectivity index (χ4v) is 1.50. The number of rotatable bonds is 9. The van der Waals surface area contributed by atoms with E-state index in [0.29, 0.717) is 0 Å². The van der Waals surface area contributed by atoms with Crippen LogP contribution in [0.15, 0.2) is 12.7 Å². The molecule has 1 amide bonds. The number of ether oxygens (including phenoxy) is 2.